The van der Waals surface area contributed by atoms with Crippen LogP contribution in [0.5, 0.6) is 0 Å². The Kier molecular flexibility index (Phi) is 6.06. The summed E-state index contributed by atoms with van der Waals surface area (Å²) in [7, 11) is 0. The Labute approximate surface area is 157 Å². The molecule has 1 amide bonds. The number of ether oxygens (including phenoxy) is 1. The van der Waals surface area contributed by atoms with E-state index in [4.69, 9.17) is 9.15 Å². The third kappa shape index (κ3) is 4.84. The second-order valence-corrected chi connectivity index (χ2v) is 6.68. The van der Waals surface area contributed by atoms with Crippen molar-refractivity contribution < 1.29 is 18.7 Å². The van der Waals surface area contributed by atoms with E-state index in [-0.39, 0.29) is 11.5 Å². The minimum atomic E-state index is -0.997. The lowest BCUT2D eigenvalue weighted by atomic mass is 9.97. The van der Waals surface area contributed by atoms with E-state index in [9.17, 15) is 14.4 Å². The van der Waals surface area contributed by atoms with Gasteiger partial charge in [-0.1, -0.05) is 29.8 Å². The van der Waals surface area contributed by atoms with Crippen LogP contribution < -0.4 is 10.9 Å². The number of rotatable bonds is 6. The van der Waals surface area contributed by atoms with Crippen molar-refractivity contribution in [1.29, 1.82) is 0 Å². The van der Waals surface area contributed by atoms with E-state index in [0.29, 0.717) is 17.5 Å². The molecule has 0 radical (unpaired) electrons. The van der Waals surface area contributed by atoms with Crippen molar-refractivity contribution in [3.8, 4) is 0 Å². The summed E-state index contributed by atoms with van der Waals surface area (Å²) in [5, 5.41) is 3.39. The maximum Gasteiger partial charge on any atom is 0.351 e. The number of esters is 1. The van der Waals surface area contributed by atoms with Gasteiger partial charge in [-0.2, -0.15) is 0 Å². The first-order valence-corrected chi connectivity index (χ1v) is 9.24. The topological polar surface area (TPSA) is 85.6 Å². The lowest BCUT2D eigenvalue weighted by Gasteiger charge is -2.15. The molecule has 2 aromatic rings. The van der Waals surface area contributed by atoms with Gasteiger partial charge >= 0.3 is 11.6 Å². The number of para-hydroxylation sites is 1. The molecule has 0 spiro atoms. The SMILES string of the molecule is C[C@@H](OC(=O)c1cc2ccccc2oc1=O)C(=O)NCCC1=CCCCC1. The molecule has 0 fully saturated rings. The van der Waals surface area contributed by atoms with E-state index >= 15 is 0 Å². The first-order chi connectivity index (χ1) is 13.0. The van der Waals surface area contributed by atoms with Gasteiger partial charge in [0.1, 0.15) is 11.1 Å². The summed E-state index contributed by atoms with van der Waals surface area (Å²) in [6, 6.07) is 8.30. The third-order valence-corrected chi connectivity index (χ3v) is 4.64. The number of hydrogen-bond donors (Lipinski definition) is 1. The number of carbonyl (C=O) groups is 2. The van der Waals surface area contributed by atoms with E-state index in [1.54, 1.807) is 24.3 Å². The lowest BCUT2D eigenvalue weighted by molar-refractivity contribution is -0.129. The number of carbonyl (C=O) groups excluding carboxylic acids is 2. The largest absolute Gasteiger partial charge is 0.449 e. The molecule has 1 heterocycles. The monoisotopic (exact) mass is 369 g/mol. The van der Waals surface area contributed by atoms with Gasteiger partial charge in [-0.25, -0.2) is 9.59 Å². The molecule has 0 saturated heterocycles. The van der Waals surface area contributed by atoms with Gasteiger partial charge < -0.3 is 14.5 Å². The predicted molar refractivity (Wildman–Crippen MR) is 102 cm³/mol. The first-order valence-electron chi connectivity index (χ1n) is 9.24. The maximum atomic E-state index is 12.3. The number of nitrogens with one attached hydrogen (secondary N) is 1. The summed E-state index contributed by atoms with van der Waals surface area (Å²) in [4.78, 5) is 36.4. The van der Waals surface area contributed by atoms with Gasteiger partial charge in [-0.3, -0.25) is 4.79 Å². The Morgan fingerprint density at radius 1 is 1.26 bits per heavy atom. The molecule has 6 nitrogen and oxygen atoms in total. The zero-order valence-electron chi connectivity index (χ0n) is 15.3. The molecule has 1 N–H and O–H groups in total. The van der Waals surface area contributed by atoms with Crippen LogP contribution in [0.1, 0.15) is 49.4 Å². The highest BCUT2D eigenvalue weighted by atomic mass is 16.5. The van der Waals surface area contributed by atoms with E-state index in [0.717, 1.165) is 19.3 Å². The number of fused-ring (bicyclic) bond motifs is 1. The molecule has 0 unspecified atom stereocenters. The molecule has 1 aromatic heterocycles. The van der Waals surface area contributed by atoms with Crippen molar-refractivity contribution in [1.82, 2.24) is 5.32 Å². The molecule has 6 heteroatoms. The quantitative estimate of drug-likeness (QED) is 0.479. The van der Waals surface area contributed by atoms with Gasteiger partial charge in [-0.15, -0.1) is 0 Å². The molecule has 1 aliphatic rings. The Hall–Kier alpha value is -2.89. The Balaban J connectivity index is 1.56. The highest BCUT2D eigenvalue weighted by molar-refractivity contribution is 5.94. The van der Waals surface area contributed by atoms with Crippen LogP contribution in [0.2, 0.25) is 0 Å². The van der Waals surface area contributed by atoms with E-state index < -0.39 is 17.7 Å². The summed E-state index contributed by atoms with van der Waals surface area (Å²) in [6.07, 6.45) is 6.65. The molecule has 0 bridgehead atoms. The van der Waals surface area contributed by atoms with Crippen molar-refractivity contribution in [3.63, 3.8) is 0 Å². The van der Waals surface area contributed by atoms with Crippen molar-refractivity contribution in [2.45, 2.75) is 45.1 Å². The standard InChI is InChI=1S/C21H23NO5/c1-14(19(23)22-12-11-15-7-3-2-4-8-15)26-20(24)17-13-16-9-5-6-10-18(16)27-21(17)25/h5-7,9-10,13-14H,2-4,8,11-12H2,1H3,(H,22,23)/t14-/m1/s1. The smallest absolute Gasteiger partial charge is 0.351 e. The summed E-state index contributed by atoms with van der Waals surface area (Å²) < 4.78 is 10.3. The molecule has 1 aliphatic carbocycles. The second kappa shape index (κ2) is 8.66. The number of benzene rings is 1. The molecular weight excluding hydrogens is 346 g/mol. The molecule has 0 aliphatic heterocycles. The summed E-state index contributed by atoms with van der Waals surface area (Å²) >= 11 is 0. The van der Waals surface area contributed by atoms with Crippen LogP contribution in [0.15, 0.2) is 51.2 Å². The van der Waals surface area contributed by atoms with E-state index in [1.165, 1.54) is 31.4 Å². The predicted octanol–water partition coefficient (Wildman–Crippen LogP) is 3.35. The van der Waals surface area contributed by atoms with Crippen molar-refractivity contribution in [2.24, 2.45) is 0 Å². The minimum absolute atomic E-state index is 0.222. The van der Waals surface area contributed by atoms with Crippen LogP contribution in [0.3, 0.4) is 0 Å². The molecular formula is C21H23NO5. The van der Waals surface area contributed by atoms with Crippen LogP contribution >= 0.6 is 0 Å². The number of amides is 1. The average molecular weight is 369 g/mol. The van der Waals surface area contributed by atoms with Gasteiger partial charge in [0.25, 0.3) is 5.91 Å². The highest BCUT2D eigenvalue weighted by Gasteiger charge is 2.22. The van der Waals surface area contributed by atoms with Crippen molar-refractivity contribution in [2.75, 3.05) is 6.54 Å². The Morgan fingerprint density at radius 2 is 2.07 bits per heavy atom. The van der Waals surface area contributed by atoms with Gasteiger partial charge in [0.05, 0.1) is 0 Å². The van der Waals surface area contributed by atoms with Crippen LogP contribution in [0.4, 0.5) is 0 Å². The summed E-state index contributed by atoms with van der Waals surface area (Å²) in [5.41, 5.74) is 0.748. The minimum Gasteiger partial charge on any atom is -0.449 e. The van der Waals surface area contributed by atoms with Crippen LogP contribution in [-0.2, 0) is 9.53 Å². The van der Waals surface area contributed by atoms with Gasteiger partial charge in [-0.05, 0) is 51.2 Å². The number of hydrogen-bond acceptors (Lipinski definition) is 5. The first kappa shape index (κ1) is 18.9. The van der Waals surface area contributed by atoms with Crippen LogP contribution in [0, 0.1) is 0 Å². The second-order valence-electron chi connectivity index (χ2n) is 6.68. The van der Waals surface area contributed by atoms with Gasteiger partial charge in [0, 0.05) is 11.9 Å². The van der Waals surface area contributed by atoms with E-state index in [1.807, 2.05) is 0 Å². The fourth-order valence-corrected chi connectivity index (χ4v) is 3.10. The molecule has 142 valence electrons. The Morgan fingerprint density at radius 3 is 2.85 bits per heavy atom. The molecule has 27 heavy (non-hydrogen) atoms. The zero-order valence-corrected chi connectivity index (χ0v) is 15.3. The van der Waals surface area contributed by atoms with Crippen molar-refractivity contribution in [3.05, 3.63) is 58.0 Å². The molecule has 3 rings (SSSR count). The van der Waals surface area contributed by atoms with Crippen molar-refractivity contribution >= 4 is 22.8 Å². The zero-order chi connectivity index (χ0) is 19.2. The van der Waals surface area contributed by atoms with Crippen LogP contribution in [-0.4, -0.2) is 24.5 Å². The lowest BCUT2D eigenvalue weighted by Crippen LogP contribution is -2.37. The molecule has 1 atom stereocenters. The summed E-state index contributed by atoms with van der Waals surface area (Å²) in [6.45, 7) is 1.99. The van der Waals surface area contributed by atoms with Gasteiger partial charge in [0.2, 0.25) is 0 Å². The fraction of sp³-hybridized carbons (Fsp3) is 0.381. The third-order valence-electron chi connectivity index (χ3n) is 4.64. The van der Waals surface area contributed by atoms with E-state index in [2.05, 4.69) is 11.4 Å². The molecule has 1 aromatic carbocycles. The Bertz CT molecular complexity index is 928. The summed E-state index contributed by atoms with van der Waals surface area (Å²) in [5.74, 6) is -1.25. The fourth-order valence-electron chi connectivity index (χ4n) is 3.10. The van der Waals surface area contributed by atoms with Gasteiger partial charge in [0.15, 0.2) is 6.10 Å². The average Bonchev–Trinajstić information content (AvgIpc) is 2.68. The maximum absolute atomic E-state index is 12.3. The highest BCUT2D eigenvalue weighted by Crippen LogP contribution is 2.19. The normalized spacial score (nSPS) is 15.1. The van der Waals surface area contributed by atoms with Crippen LogP contribution in [0.25, 0.3) is 11.0 Å². The molecule has 0 saturated carbocycles. The number of allylic oxidation sites excluding steroid dienone is 1.